The molecular formula is C21H21BrN2OS. The van der Waals surface area contributed by atoms with Crippen molar-refractivity contribution in [3.05, 3.63) is 69.0 Å². The van der Waals surface area contributed by atoms with Gasteiger partial charge in [-0.2, -0.15) is 0 Å². The number of aliphatic imine (C=N–C) groups is 1. The second-order valence-corrected chi connectivity index (χ2v) is 8.13. The lowest BCUT2D eigenvalue weighted by molar-refractivity contribution is -0.122. The van der Waals surface area contributed by atoms with Gasteiger partial charge in [-0.25, -0.2) is 4.99 Å². The molecule has 1 heterocycles. The maximum atomic E-state index is 12.9. The summed E-state index contributed by atoms with van der Waals surface area (Å²) in [5.74, 6) is 0.0391. The molecule has 2 aromatic carbocycles. The van der Waals surface area contributed by atoms with Gasteiger partial charge in [0.15, 0.2) is 5.17 Å². The van der Waals surface area contributed by atoms with Crippen LogP contribution in [0.1, 0.15) is 30.9 Å². The Morgan fingerprint density at radius 2 is 1.81 bits per heavy atom. The Balaban J connectivity index is 1.91. The number of unbranched alkanes of at least 4 members (excludes halogenated alkanes) is 1. The Labute approximate surface area is 167 Å². The van der Waals surface area contributed by atoms with Crippen molar-refractivity contribution in [3.63, 3.8) is 0 Å². The molecule has 0 atom stereocenters. The molecule has 1 saturated heterocycles. The number of halogens is 1. The first kappa shape index (κ1) is 18.9. The molecule has 0 aliphatic carbocycles. The number of nitrogens with zero attached hydrogens (tertiary/aromatic N) is 2. The number of carbonyl (C=O) groups is 1. The highest BCUT2D eigenvalue weighted by Crippen LogP contribution is 2.34. The topological polar surface area (TPSA) is 32.7 Å². The first-order chi connectivity index (χ1) is 12.6. The first-order valence-corrected chi connectivity index (χ1v) is 10.3. The summed E-state index contributed by atoms with van der Waals surface area (Å²) in [6, 6.07) is 16.0. The van der Waals surface area contributed by atoms with Crippen LogP contribution in [-0.4, -0.2) is 22.5 Å². The average Bonchev–Trinajstić information content (AvgIpc) is 2.92. The lowest BCUT2D eigenvalue weighted by Gasteiger charge is -2.14. The van der Waals surface area contributed by atoms with E-state index in [1.165, 1.54) is 17.3 Å². The van der Waals surface area contributed by atoms with Crippen LogP contribution in [-0.2, 0) is 4.79 Å². The number of hydrogen-bond donors (Lipinski definition) is 0. The molecule has 26 heavy (non-hydrogen) atoms. The van der Waals surface area contributed by atoms with E-state index in [-0.39, 0.29) is 5.91 Å². The highest BCUT2D eigenvalue weighted by Gasteiger charge is 2.32. The molecular weight excluding hydrogens is 408 g/mol. The Bertz CT molecular complexity index is 841. The largest absolute Gasteiger partial charge is 0.286 e. The van der Waals surface area contributed by atoms with Crippen molar-refractivity contribution >= 4 is 50.5 Å². The molecule has 0 radical (unpaired) electrons. The van der Waals surface area contributed by atoms with Crippen molar-refractivity contribution in [2.24, 2.45) is 4.99 Å². The zero-order valence-corrected chi connectivity index (χ0v) is 17.3. The summed E-state index contributed by atoms with van der Waals surface area (Å²) in [5.41, 5.74) is 3.08. The van der Waals surface area contributed by atoms with E-state index in [1.54, 1.807) is 4.90 Å². The van der Waals surface area contributed by atoms with Crippen LogP contribution in [0, 0.1) is 6.92 Å². The highest BCUT2D eigenvalue weighted by atomic mass is 79.9. The third-order valence-corrected chi connectivity index (χ3v) is 5.59. The van der Waals surface area contributed by atoms with Crippen LogP contribution in [0.15, 0.2) is 62.9 Å². The maximum absolute atomic E-state index is 12.9. The van der Waals surface area contributed by atoms with Crippen molar-refractivity contribution in [2.45, 2.75) is 26.7 Å². The smallest absolute Gasteiger partial charge is 0.266 e. The highest BCUT2D eigenvalue weighted by molar-refractivity contribution is 9.10. The molecule has 3 nitrogen and oxygen atoms in total. The zero-order valence-electron chi connectivity index (χ0n) is 14.9. The number of aryl methyl sites for hydroxylation is 1. The third-order valence-electron chi connectivity index (χ3n) is 4.05. The average molecular weight is 429 g/mol. The van der Waals surface area contributed by atoms with Crippen molar-refractivity contribution in [1.29, 1.82) is 0 Å². The van der Waals surface area contributed by atoms with E-state index in [0.717, 1.165) is 33.7 Å². The Kier molecular flexibility index (Phi) is 6.33. The summed E-state index contributed by atoms with van der Waals surface area (Å²) in [7, 11) is 0. The van der Waals surface area contributed by atoms with Gasteiger partial charge in [-0.15, -0.1) is 0 Å². The fraction of sp³-hybridized carbons (Fsp3) is 0.238. The Hall–Kier alpha value is -1.85. The van der Waals surface area contributed by atoms with E-state index in [2.05, 4.69) is 29.8 Å². The van der Waals surface area contributed by atoms with Gasteiger partial charge in [0.05, 0.1) is 10.6 Å². The number of carbonyl (C=O) groups excluding carboxylic acids is 1. The minimum Gasteiger partial charge on any atom is -0.286 e. The molecule has 134 valence electrons. The fourth-order valence-electron chi connectivity index (χ4n) is 2.54. The van der Waals surface area contributed by atoms with Gasteiger partial charge in [0, 0.05) is 11.0 Å². The van der Waals surface area contributed by atoms with Crippen LogP contribution in [0.3, 0.4) is 0 Å². The van der Waals surface area contributed by atoms with E-state index >= 15 is 0 Å². The molecule has 5 heteroatoms. The van der Waals surface area contributed by atoms with Gasteiger partial charge in [-0.1, -0.05) is 59.1 Å². The summed E-state index contributed by atoms with van der Waals surface area (Å²) >= 11 is 4.89. The van der Waals surface area contributed by atoms with Gasteiger partial charge >= 0.3 is 0 Å². The molecule has 1 aliphatic rings. The summed E-state index contributed by atoms with van der Waals surface area (Å²) in [4.78, 5) is 20.1. The Morgan fingerprint density at radius 1 is 1.12 bits per heavy atom. The summed E-state index contributed by atoms with van der Waals surface area (Å²) in [6.07, 6.45) is 3.94. The number of benzene rings is 2. The molecule has 3 rings (SSSR count). The number of rotatable bonds is 5. The van der Waals surface area contributed by atoms with E-state index < -0.39 is 0 Å². The SMILES string of the molecule is CCCCN1C(=O)/C(=C\c2ccc(Br)cc2)SC1=Nc1ccc(C)cc1. The minimum atomic E-state index is 0.0391. The molecule has 0 aromatic heterocycles. The molecule has 2 aromatic rings. The van der Waals surface area contributed by atoms with Crippen LogP contribution in [0.25, 0.3) is 6.08 Å². The van der Waals surface area contributed by atoms with Crippen molar-refractivity contribution in [2.75, 3.05) is 6.54 Å². The van der Waals surface area contributed by atoms with E-state index in [4.69, 9.17) is 4.99 Å². The first-order valence-electron chi connectivity index (χ1n) is 8.69. The number of thioether (sulfide) groups is 1. The maximum Gasteiger partial charge on any atom is 0.266 e. The van der Waals surface area contributed by atoms with Crippen LogP contribution in [0.4, 0.5) is 5.69 Å². The number of amides is 1. The van der Waals surface area contributed by atoms with Crippen LogP contribution < -0.4 is 0 Å². The molecule has 1 fully saturated rings. The summed E-state index contributed by atoms with van der Waals surface area (Å²) in [5, 5.41) is 0.760. The quantitative estimate of drug-likeness (QED) is 0.533. The lowest BCUT2D eigenvalue weighted by Crippen LogP contribution is -2.30. The normalized spacial score (nSPS) is 17.5. The van der Waals surface area contributed by atoms with Crippen LogP contribution in [0.5, 0.6) is 0 Å². The zero-order chi connectivity index (χ0) is 18.5. The second kappa shape index (κ2) is 8.69. The van der Waals surface area contributed by atoms with Gasteiger partial charge in [0.25, 0.3) is 5.91 Å². The molecule has 0 saturated carbocycles. The van der Waals surface area contributed by atoms with Crippen molar-refractivity contribution < 1.29 is 4.79 Å². The van der Waals surface area contributed by atoms with Gasteiger partial charge in [-0.05, 0) is 61.0 Å². The number of amidine groups is 1. The summed E-state index contributed by atoms with van der Waals surface area (Å²) in [6.45, 7) is 4.88. The van der Waals surface area contributed by atoms with Gasteiger partial charge < -0.3 is 0 Å². The summed E-state index contributed by atoms with van der Waals surface area (Å²) < 4.78 is 1.02. The second-order valence-electron chi connectivity index (χ2n) is 6.20. The fourth-order valence-corrected chi connectivity index (χ4v) is 3.83. The standard InChI is InChI=1S/C21H21BrN2OS/c1-3-4-13-24-20(25)19(14-16-7-9-17(22)10-8-16)26-21(24)23-18-11-5-15(2)6-12-18/h5-12,14H,3-4,13H2,1-2H3/b19-14+,23-21?. The molecule has 1 aliphatic heterocycles. The third kappa shape index (κ3) is 4.65. The van der Waals surface area contributed by atoms with Crippen LogP contribution >= 0.6 is 27.7 Å². The molecule has 0 bridgehead atoms. The van der Waals surface area contributed by atoms with E-state index in [1.807, 2.05) is 54.6 Å². The molecule has 0 unspecified atom stereocenters. The van der Waals surface area contributed by atoms with E-state index in [9.17, 15) is 4.79 Å². The monoisotopic (exact) mass is 428 g/mol. The van der Waals surface area contributed by atoms with Crippen molar-refractivity contribution in [1.82, 2.24) is 4.90 Å². The Morgan fingerprint density at radius 3 is 2.46 bits per heavy atom. The van der Waals surface area contributed by atoms with Gasteiger partial charge in [0.1, 0.15) is 0 Å². The van der Waals surface area contributed by atoms with Gasteiger partial charge in [-0.3, -0.25) is 9.69 Å². The van der Waals surface area contributed by atoms with Crippen molar-refractivity contribution in [3.8, 4) is 0 Å². The predicted molar refractivity (Wildman–Crippen MR) is 115 cm³/mol. The van der Waals surface area contributed by atoms with E-state index in [0.29, 0.717) is 11.4 Å². The molecule has 0 spiro atoms. The predicted octanol–water partition coefficient (Wildman–Crippen LogP) is 6.16. The lowest BCUT2D eigenvalue weighted by atomic mass is 10.2. The number of hydrogen-bond acceptors (Lipinski definition) is 3. The van der Waals surface area contributed by atoms with Crippen LogP contribution in [0.2, 0.25) is 0 Å². The van der Waals surface area contributed by atoms with Gasteiger partial charge in [0.2, 0.25) is 0 Å². The molecule has 0 N–H and O–H groups in total. The molecule has 1 amide bonds. The minimum absolute atomic E-state index is 0.0391.